The van der Waals surface area contributed by atoms with Crippen molar-refractivity contribution in [1.82, 2.24) is 5.32 Å². The Morgan fingerprint density at radius 1 is 1.16 bits per heavy atom. The lowest BCUT2D eigenvalue weighted by molar-refractivity contribution is 0.290. The van der Waals surface area contributed by atoms with E-state index in [1.54, 1.807) is 12.1 Å². The lowest BCUT2D eigenvalue weighted by Gasteiger charge is -2.08. The Morgan fingerprint density at radius 3 is 2.74 bits per heavy atom. The summed E-state index contributed by atoms with van der Waals surface area (Å²) >= 11 is 5.67. The van der Waals surface area contributed by atoms with Gasteiger partial charge in [0.25, 0.3) is 0 Å². The van der Waals surface area contributed by atoms with Gasteiger partial charge in [-0.15, -0.1) is 0 Å². The highest BCUT2D eigenvalue weighted by molar-refractivity contribution is 6.30. The van der Waals surface area contributed by atoms with Crippen molar-refractivity contribution in [2.75, 3.05) is 19.7 Å². The molecule has 0 heterocycles. The molecule has 0 bridgehead atoms. The SMILES string of the molecule is CCCNCCCCCCOc1cccc(Cl)c1F. The van der Waals surface area contributed by atoms with Crippen LogP contribution >= 0.6 is 11.6 Å². The highest BCUT2D eigenvalue weighted by atomic mass is 35.5. The molecule has 0 fully saturated rings. The number of nitrogens with one attached hydrogen (secondary N) is 1. The zero-order valence-electron chi connectivity index (χ0n) is 11.6. The Labute approximate surface area is 120 Å². The average Bonchev–Trinajstić information content (AvgIpc) is 2.41. The predicted octanol–water partition coefficient (Wildman–Crippen LogP) is 4.42. The van der Waals surface area contributed by atoms with E-state index in [0.717, 1.165) is 25.9 Å². The van der Waals surface area contributed by atoms with Crippen LogP contribution < -0.4 is 10.1 Å². The third kappa shape index (κ3) is 6.79. The van der Waals surface area contributed by atoms with E-state index in [1.807, 2.05) is 0 Å². The van der Waals surface area contributed by atoms with Crippen molar-refractivity contribution in [3.05, 3.63) is 29.0 Å². The number of unbranched alkanes of at least 4 members (excludes halogenated alkanes) is 3. The molecule has 1 rings (SSSR count). The van der Waals surface area contributed by atoms with Crippen molar-refractivity contribution >= 4 is 11.6 Å². The Hall–Kier alpha value is -0.800. The van der Waals surface area contributed by atoms with Crippen molar-refractivity contribution in [3.63, 3.8) is 0 Å². The molecule has 0 amide bonds. The number of ether oxygens (including phenoxy) is 1. The van der Waals surface area contributed by atoms with Crippen molar-refractivity contribution < 1.29 is 9.13 Å². The smallest absolute Gasteiger partial charge is 0.183 e. The fraction of sp³-hybridized carbons (Fsp3) is 0.600. The summed E-state index contributed by atoms with van der Waals surface area (Å²) in [5.41, 5.74) is 0. The molecule has 1 aromatic rings. The first-order chi connectivity index (χ1) is 9.25. The molecule has 0 radical (unpaired) electrons. The maximum atomic E-state index is 13.5. The molecule has 108 valence electrons. The van der Waals surface area contributed by atoms with Crippen LogP contribution in [0.15, 0.2) is 18.2 Å². The van der Waals surface area contributed by atoms with Gasteiger partial charge in [-0.2, -0.15) is 0 Å². The molecule has 0 spiro atoms. The first-order valence-corrected chi connectivity index (χ1v) is 7.41. The molecular formula is C15H23ClFNO. The zero-order valence-corrected chi connectivity index (χ0v) is 12.3. The number of hydrogen-bond donors (Lipinski definition) is 1. The molecule has 2 nitrogen and oxygen atoms in total. The lowest BCUT2D eigenvalue weighted by Crippen LogP contribution is -2.15. The zero-order chi connectivity index (χ0) is 13.9. The van der Waals surface area contributed by atoms with E-state index in [-0.39, 0.29) is 10.8 Å². The largest absolute Gasteiger partial charge is 0.490 e. The Morgan fingerprint density at radius 2 is 1.95 bits per heavy atom. The molecule has 0 saturated heterocycles. The van der Waals surface area contributed by atoms with Gasteiger partial charge in [0.2, 0.25) is 0 Å². The Bertz CT molecular complexity index is 360. The second-order valence-electron chi connectivity index (χ2n) is 4.56. The van der Waals surface area contributed by atoms with E-state index >= 15 is 0 Å². The maximum absolute atomic E-state index is 13.5. The topological polar surface area (TPSA) is 21.3 Å². The van der Waals surface area contributed by atoms with Gasteiger partial charge in [0.05, 0.1) is 11.6 Å². The molecule has 1 aromatic carbocycles. The van der Waals surface area contributed by atoms with Crippen LogP contribution in [0, 0.1) is 5.82 Å². The minimum absolute atomic E-state index is 0.111. The highest BCUT2D eigenvalue weighted by Gasteiger charge is 2.06. The van der Waals surface area contributed by atoms with Crippen LogP contribution in [0.4, 0.5) is 4.39 Å². The molecule has 0 unspecified atom stereocenters. The second-order valence-corrected chi connectivity index (χ2v) is 4.97. The van der Waals surface area contributed by atoms with Crippen molar-refractivity contribution in [2.24, 2.45) is 0 Å². The van der Waals surface area contributed by atoms with Crippen LogP contribution in [0.5, 0.6) is 5.75 Å². The molecule has 4 heteroatoms. The van der Waals surface area contributed by atoms with Crippen LogP contribution in [0.2, 0.25) is 5.02 Å². The summed E-state index contributed by atoms with van der Waals surface area (Å²) < 4.78 is 18.9. The van der Waals surface area contributed by atoms with Gasteiger partial charge in [0.15, 0.2) is 11.6 Å². The number of benzene rings is 1. The van der Waals surface area contributed by atoms with E-state index in [0.29, 0.717) is 6.61 Å². The third-order valence-electron chi connectivity index (χ3n) is 2.85. The molecule has 0 saturated carbocycles. The van der Waals surface area contributed by atoms with E-state index in [2.05, 4.69) is 12.2 Å². The molecule has 0 atom stereocenters. The Balaban J connectivity index is 2.03. The predicted molar refractivity (Wildman–Crippen MR) is 78.5 cm³/mol. The summed E-state index contributed by atoms with van der Waals surface area (Å²) in [5.74, 6) is -0.218. The Kier molecular flexibility index (Phi) is 8.59. The van der Waals surface area contributed by atoms with E-state index < -0.39 is 5.82 Å². The number of halogens is 2. The van der Waals surface area contributed by atoms with Gasteiger partial charge < -0.3 is 10.1 Å². The number of rotatable bonds is 10. The fourth-order valence-corrected chi connectivity index (χ4v) is 1.95. The molecule has 1 N–H and O–H groups in total. The monoisotopic (exact) mass is 287 g/mol. The standard InChI is InChI=1S/C15H23ClFNO/c1-2-10-18-11-5-3-4-6-12-19-14-9-7-8-13(16)15(14)17/h7-9,18H,2-6,10-12H2,1H3. The summed E-state index contributed by atoms with van der Waals surface area (Å²) in [6.45, 7) is 4.88. The van der Waals surface area contributed by atoms with Crippen LogP contribution in [0.1, 0.15) is 39.0 Å². The lowest BCUT2D eigenvalue weighted by atomic mass is 10.2. The molecule has 0 aliphatic carbocycles. The molecule has 0 aliphatic heterocycles. The molecule has 19 heavy (non-hydrogen) atoms. The quantitative estimate of drug-likeness (QED) is 0.643. The van der Waals surface area contributed by atoms with Crippen LogP contribution in [0.25, 0.3) is 0 Å². The molecule has 0 aliphatic rings. The maximum Gasteiger partial charge on any atom is 0.183 e. The van der Waals surface area contributed by atoms with E-state index in [9.17, 15) is 4.39 Å². The second kappa shape index (κ2) is 10.0. The van der Waals surface area contributed by atoms with E-state index in [1.165, 1.54) is 25.3 Å². The highest BCUT2D eigenvalue weighted by Crippen LogP contribution is 2.24. The van der Waals surface area contributed by atoms with Gasteiger partial charge in [-0.25, -0.2) is 4.39 Å². The summed E-state index contributed by atoms with van der Waals surface area (Å²) in [4.78, 5) is 0. The average molecular weight is 288 g/mol. The van der Waals surface area contributed by atoms with Gasteiger partial charge in [0, 0.05) is 0 Å². The van der Waals surface area contributed by atoms with Crippen LogP contribution in [-0.4, -0.2) is 19.7 Å². The van der Waals surface area contributed by atoms with Gasteiger partial charge in [-0.05, 0) is 44.5 Å². The molecule has 0 aromatic heterocycles. The minimum atomic E-state index is -0.465. The van der Waals surface area contributed by atoms with Crippen molar-refractivity contribution in [2.45, 2.75) is 39.0 Å². The normalized spacial score (nSPS) is 10.7. The minimum Gasteiger partial charge on any atom is -0.490 e. The van der Waals surface area contributed by atoms with Gasteiger partial charge in [-0.1, -0.05) is 37.4 Å². The van der Waals surface area contributed by atoms with Gasteiger partial charge in [-0.3, -0.25) is 0 Å². The van der Waals surface area contributed by atoms with Crippen LogP contribution in [-0.2, 0) is 0 Å². The van der Waals surface area contributed by atoms with Crippen molar-refractivity contribution in [1.29, 1.82) is 0 Å². The van der Waals surface area contributed by atoms with Crippen molar-refractivity contribution in [3.8, 4) is 5.75 Å². The fourth-order valence-electron chi connectivity index (χ4n) is 1.79. The summed E-state index contributed by atoms with van der Waals surface area (Å²) in [5, 5.41) is 3.48. The van der Waals surface area contributed by atoms with Crippen LogP contribution in [0.3, 0.4) is 0 Å². The van der Waals surface area contributed by atoms with Gasteiger partial charge in [0.1, 0.15) is 0 Å². The van der Waals surface area contributed by atoms with E-state index in [4.69, 9.17) is 16.3 Å². The summed E-state index contributed by atoms with van der Waals surface area (Å²) in [7, 11) is 0. The third-order valence-corrected chi connectivity index (χ3v) is 3.14. The summed E-state index contributed by atoms with van der Waals surface area (Å²) in [6, 6.07) is 4.82. The molecular weight excluding hydrogens is 265 g/mol. The van der Waals surface area contributed by atoms with Gasteiger partial charge >= 0.3 is 0 Å². The number of hydrogen-bond acceptors (Lipinski definition) is 2. The first-order valence-electron chi connectivity index (χ1n) is 7.03. The first kappa shape index (κ1) is 16.3. The summed E-state index contributed by atoms with van der Waals surface area (Å²) in [6.07, 6.45) is 5.60.